The quantitative estimate of drug-likeness (QED) is 0.768. The van der Waals surface area contributed by atoms with Gasteiger partial charge in [0.15, 0.2) is 0 Å². The fraction of sp³-hybridized carbons (Fsp3) is 0.667. The summed E-state index contributed by atoms with van der Waals surface area (Å²) >= 11 is 0. The summed E-state index contributed by atoms with van der Waals surface area (Å²) in [7, 11) is 1.63. The van der Waals surface area contributed by atoms with E-state index in [4.69, 9.17) is 4.74 Å². The van der Waals surface area contributed by atoms with E-state index >= 15 is 0 Å². The van der Waals surface area contributed by atoms with E-state index in [1.807, 2.05) is 29.2 Å². The van der Waals surface area contributed by atoms with Crippen LogP contribution in [0.4, 0.5) is 5.69 Å². The van der Waals surface area contributed by atoms with Crippen LogP contribution in [0.2, 0.25) is 0 Å². The van der Waals surface area contributed by atoms with Gasteiger partial charge in [0.1, 0.15) is 5.75 Å². The molecule has 1 aromatic carbocycles. The lowest BCUT2D eigenvalue weighted by atomic mass is 9.91. The van der Waals surface area contributed by atoms with Crippen LogP contribution in [0.5, 0.6) is 5.75 Å². The zero-order chi connectivity index (χ0) is 21.7. The molecule has 2 aliphatic rings. The van der Waals surface area contributed by atoms with E-state index in [0.29, 0.717) is 25.4 Å². The van der Waals surface area contributed by atoms with Gasteiger partial charge in [-0.05, 0) is 36.3 Å². The molecule has 1 aromatic rings. The number of hydrogen-bond donors (Lipinski definition) is 1. The number of nitrogens with zero attached hydrogens (tertiary/aromatic N) is 2. The van der Waals surface area contributed by atoms with Crippen molar-refractivity contribution in [3.63, 3.8) is 0 Å². The van der Waals surface area contributed by atoms with E-state index in [1.54, 1.807) is 7.11 Å². The maximum absolute atomic E-state index is 13.3. The Hall–Kier alpha value is -2.08. The van der Waals surface area contributed by atoms with Crippen LogP contribution in [0.1, 0.15) is 52.9 Å². The van der Waals surface area contributed by atoms with Crippen LogP contribution < -0.4 is 10.1 Å². The monoisotopic (exact) mass is 415 g/mol. The highest BCUT2D eigenvalue weighted by Crippen LogP contribution is 2.32. The van der Waals surface area contributed by atoms with Crippen LogP contribution in [0, 0.1) is 11.3 Å². The number of benzene rings is 1. The summed E-state index contributed by atoms with van der Waals surface area (Å²) in [5.41, 5.74) is 0.762. The van der Waals surface area contributed by atoms with E-state index in [-0.39, 0.29) is 23.3 Å². The van der Waals surface area contributed by atoms with Crippen molar-refractivity contribution < 1.29 is 14.3 Å². The van der Waals surface area contributed by atoms with E-state index in [1.165, 1.54) is 12.8 Å². The lowest BCUT2D eigenvalue weighted by Gasteiger charge is -2.41. The first-order valence-corrected chi connectivity index (χ1v) is 11.2. The molecule has 1 heterocycles. The van der Waals surface area contributed by atoms with Gasteiger partial charge in [0.2, 0.25) is 11.8 Å². The number of amides is 2. The van der Waals surface area contributed by atoms with Crippen LogP contribution in [0.15, 0.2) is 24.3 Å². The van der Waals surface area contributed by atoms with Crippen molar-refractivity contribution in [1.82, 2.24) is 9.80 Å². The number of carbonyl (C=O) groups excluding carboxylic acids is 2. The first-order chi connectivity index (χ1) is 14.3. The lowest BCUT2D eigenvalue weighted by Crippen LogP contribution is -2.57. The molecule has 2 fully saturated rings. The number of methoxy groups -OCH3 is 1. The lowest BCUT2D eigenvalue weighted by molar-refractivity contribution is -0.136. The van der Waals surface area contributed by atoms with E-state index in [9.17, 15) is 9.59 Å². The molecule has 166 valence electrons. The molecule has 1 saturated heterocycles. The van der Waals surface area contributed by atoms with Gasteiger partial charge >= 0.3 is 0 Å². The van der Waals surface area contributed by atoms with Gasteiger partial charge in [0, 0.05) is 44.4 Å². The number of hydrogen-bond acceptors (Lipinski definition) is 4. The molecule has 2 amide bonds. The third-order valence-corrected chi connectivity index (χ3v) is 6.19. The fourth-order valence-electron chi connectivity index (χ4n) is 4.68. The molecule has 0 spiro atoms. The van der Waals surface area contributed by atoms with Gasteiger partial charge in [-0.1, -0.05) is 39.7 Å². The molecule has 30 heavy (non-hydrogen) atoms. The highest BCUT2D eigenvalue weighted by molar-refractivity contribution is 5.95. The summed E-state index contributed by atoms with van der Waals surface area (Å²) < 4.78 is 5.28. The molecule has 1 aliphatic heterocycles. The molecule has 3 rings (SSSR count). The summed E-state index contributed by atoms with van der Waals surface area (Å²) in [6, 6.07) is 7.37. The first kappa shape index (κ1) is 22.6. The van der Waals surface area contributed by atoms with Gasteiger partial charge in [0.25, 0.3) is 0 Å². The zero-order valence-electron chi connectivity index (χ0n) is 18.9. The maximum Gasteiger partial charge on any atom is 0.242 e. The third kappa shape index (κ3) is 5.97. The smallest absolute Gasteiger partial charge is 0.242 e. The second-order valence-corrected chi connectivity index (χ2v) is 9.86. The van der Waals surface area contributed by atoms with Crippen molar-refractivity contribution >= 4 is 17.5 Å². The molecule has 1 atom stereocenters. The van der Waals surface area contributed by atoms with Crippen LogP contribution in [0.3, 0.4) is 0 Å². The normalized spacial score (nSPS) is 19.5. The predicted molar refractivity (Wildman–Crippen MR) is 120 cm³/mol. The molecule has 1 N–H and O–H groups in total. The van der Waals surface area contributed by atoms with Crippen LogP contribution >= 0.6 is 0 Å². The molecular weight excluding hydrogens is 378 g/mol. The second kappa shape index (κ2) is 9.82. The van der Waals surface area contributed by atoms with Crippen molar-refractivity contribution in [3.8, 4) is 5.75 Å². The number of nitrogens with one attached hydrogen (secondary N) is 1. The Bertz CT molecular complexity index is 729. The molecule has 1 aliphatic carbocycles. The molecule has 0 unspecified atom stereocenters. The number of anilines is 1. The third-order valence-electron chi connectivity index (χ3n) is 6.19. The Morgan fingerprint density at radius 2 is 1.80 bits per heavy atom. The van der Waals surface area contributed by atoms with Crippen LogP contribution in [-0.4, -0.2) is 60.9 Å². The van der Waals surface area contributed by atoms with Crippen molar-refractivity contribution in [2.45, 2.75) is 58.9 Å². The summed E-state index contributed by atoms with van der Waals surface area (Å²) in [6.07, 6.45) is 5.14. The molecule has 0 bridgehead atoms. The largest absolute Gasteiger partial charge is 0.497 e. The van der Waals surface area contributed by atoms with E-state index < -0.39 is 0 Å². The van der Waals surface area contributed by atoms with Gasteiger partial charge in [-0.25, -0.2) is 0 Å². The van der Waals surface area contributed by atoms with Crippen molar-refractivity contribution in [3.05, 3.63) is 24.3 Å². The SMILES string of the molecule is COc1cccc(NC(=O)[C@@H](C2CCCC2)N2CCN(C(=O)CC(C)(C)C)CC2)c1. The molecule has 1 saturated carbocycles. The van der Waals surface area contributed by atoms with Crippen LogP contribution in [-0.2, 0) is 9.59 Å². The molecule has 6 nitrogen and oxygen atoms in total. The zero-order valence-corrected chi connectivity index (χ0v) is 18.9. The maximum atomic E-state index is 13.3. The first-order valence-electron chi connectivity index (χ1n) is 11.2. The second-order valence-electron chi connectivity index (χ2n) is 9.86. The fourth-order valence-corrected chi connectivity index (χ4v) is 4.68. The summed E-state index contributed by atoms with van der Waals surface area (Å²) in [4.78, 5) is 30.2. The van der Waals surface area contributed by atoms with E-state index in [2.05, 4.69) is 31.0 Å². The topological polar surface area (TPSA) is 61.9 Å². The molecule has 6 heteroatoms. The van der Waals surface area contributed by atoms with Gasteiger partial charge in [-0.2, -0.15) is 0 Å². The van der Waals surface area contributed by atoms with Crippen molar-refractivity contribution in [1.29, 1.82) is 0 Å². The Morgan fingerprint density at radius 1 is 1.13 bits per heavy atom. The summed E-state index contributed by atoms with van der Waals surface area (Å²) in [5, 5.41) is 3.11. The minimum atomic E-state index is -0.140. The number of rotatable bonds is 6. The number of ether oxygens (including phenoxy) is 1. The average Bonchev–Trinajstić information content (AvgIpc) is 3.21. The molecular formula is C24H37N3O3. The summed E-state index contributed by atoms with van der Waals surface area (Å²) in [5.74, 6) is 1.40. The Labute approximate surface area is 180 Å². The summed E-state index contributed by atoms with van der Waals surface area (Å²) in [6.45, 7) is 9.20. The molecule has 0 radical (unpaired) electrons. The van der Waals surface area contributed by atoms with Gasteiger partial charge in [-0.15, -0.1) is 0 Å². The Morgan fingerprint density at radius 3 is 2.40 bits per heavy atom. The highest BCUT2D eigenvalue weighted by atomic mass is 16.5. The Balaban J connectivity index is 1.66. The minimum Gasteiger partial charge on any atom is -0.497 e. The van der Waals surface area contributed by atoms with Crippen molar-refractivity contribution in [2.75, 3.05) is 38.6 Å². The van der Waals surface area contributed by atoms with Crippen LogP contribution in [0.25, 0.3) is 0 Å². The highest BCUT2D eigenvalue weighted by Gasteiger charge is 2.37. The standard InChI is InChI=1S/C24H37N3O3/c1-24(2,3)17-21(28)26-12-14-27(15-13-26)22(18-8-5-6-9-18)23(29)25-19-10-7-11-20(16-19)30-4/h7,10-11,16,18,22H,5-6,8-9,12-15,17H2,1-4H3,(H,25,29)/t22-/m1/s1. The van der Waals surface area contributed by atoms with Gasteiger partial charge in [-0.3, -0.25) is 14.5 Å². The minimum absolute atomic E-state index is 0.00275. The van der Waals surface area contributed by atoms with Crippen molar-refractivity contribution in [2.24, 2.45) is 11.3 Å². The van der Waals surface area contributed by atoms with E-state index in [0.717, 1.165) is 37.4 Å². The molecule has 0 aromatic heterocycles. The number of piperazine rings is 1. The predicted octanol–water partition coefficient (Wildman–Crippen LogP) is 3.77. The Kier molecular flexibility index (Phi) is 7.40. The van der Waals surface area contributed by atoms with Gasteiger partial charge in [0.05, 0.1) is 13.2 Å². The van der Waals surface area contributed by atoms with Gasteiger partial charge < -0.3 is 15.0 Å². The number of carbonyl (C=O) groups is 2. The average molecular weight is 416 g/mol.